The summed E-state index contributed by atoms with van der Waals surface area (Å²) in [6, 6.07) is 15.9. The number of halogens is 1. The number of ketones is 1. The monoisotopic (exact) mass is 598 g/mol. The van der Waals surface area contributed by atoms with Crippen LogP contribution in [0.4, 0.5) is 4.39 Å². The van der Waals surface area contributed by atoms with Gasteiger partial charge in [-0.1, -0.05) is 18.2 Å². The Hall–Kier alpha value is -4.15. The Morgan fingerprint density at radius 2 is 1.86 bits per heavy atom. The van der Waals surface area contributed by atoms with Crippen molar-refractivity contribution < 1.29 is 28.2 Å². The molecular weight excluding hydrogens is 563 g/mol. The van der Waals surface area contributed by atoms with Crippen molar-refractivity contribution >= 4 is 23.3 Å². The van der Waals surface area contributed by atoms with Crippen molar-refractivity contribution in [3.63, 3.8) is 0 Å². The first-order chi connectivity index (χ1) is 21.5. The molecule has 2 aromatic heterocycles. The molecule has 2 aromatic carbocycles. The molecule has 1 saturated carbocycles. The number of rotatable bonds is 12. The number of hydrogen-bond acceptors (Lipinski definition) is 8. The van der Waals surface area contributed by atoms with E-state index >= 15 is 0 Å². The summed E-state index contributed by atoms with van der Waals surface area (Å²) in [5.74, 6) is 1.89. The summed E-state index contributed by atoms with van der Waals surface area (Å²) < 4.78 is 33.6. The molecule has 0 N–H and O–H groups in total. The summed E-state index contributed by atoms with van der Waals surface area (Å²) >= 11 is 0. The fourth-order valence-corrected chi connectivity index (χ4v) is 6.11. The summed E-state index contributed by atoms with van der Waals surface area (Å²) in [6.45, 7) is 4.51. The first-order valence-corrected chi connectivity index (χ1v) is 15.4. The summed E-state index contributed by atoms with van der Waals surface area (Å²) in [5, 5.41) is 0. The SMILES string of the molecule is O=COc1ccc2nc(CN3CCC(c4cccc(OCc5ccc(C(=O)C6CC6)cc5F)n4)CC3)n(C[C@@H]3CCO3)c2c1. The van der Waals surface area contributed by atoms with Gasteiger partial charge in [-0.3, -0.25) is 14.5 Å². The van der Waals surface area contributed by atoms with Gasteiger partial charge in [0.2, 0.25) is 5.88 Å². The molecule has 10 heteroatoms. The number of likely N-dealkylation sites (tertiary alicyclic amines) is 1. The molecule has 0 unspecified atom stereocenters. The van der Waals surface area contributed by atoms with E-state index in [4.69, 9.17) is 24.2 Å². The predicted molar refractivity (Wildman–Crippen MR) is 160 cm³/mol. The van der Waals surface area contributed by atoms with Crippen LogP contribution in [-0.4, -0.2) is 57.5 Å². The van der Waals surface area contributed by atoms with Crippen molar-refractivity contribution in [3.05, 3.63) is 83.1 Å². The Morgan fingerprint density at radius 3 is 2.59 bits per heavy atom. The minimum absolute atomic E-state index is 0.0264. The summed E-state index contributed by atoms with van der Waals surface area (Å²) in [4.78, 5) is 35.2. The van der Waals surface area contributed by atoms with Crippen LogP contribution in [0.3, 0.4) is 0 Å². The summed E-state index contributed by atoms with van der Waals surface area (Å²) in [5.41, 5.74) is 3.62. The highest BCUT2D eigenvalue weighted by atomic mass is 19.1. The van der Waals surface area contributed by atoms with E-state index in [1.807, 2.05) is 24.3 Å². The molecule has 2 aliphatic heterocycles. The van der Waals surface area contributed by atoms with Gasteiger partial charge in [0, 0.05) is 47.4 Å². The Bertz CT molecular complexity index is 1670. The average Bonchev–Trinajstić information content (AvgIpc) is 3.82. The number of hydrogen-bond donors (Lipinski definition) is 0. The summed E-state index contributed by atoms with van der Waals surface area (Å²) in [6.07, 6.45) is 4.88. The van der Waals surface area contributed by atoms with E-state index in [2.05, 4.69) is 9.47 Å². The third-order valence-electron chi connectivity index (χ3n) is 8.94. The maximum Gasteiger partial charge on any atom is 0.298 e. The normalized spacial score (nSPS) is 19.1. The van der Waals surface area contributed by atoms with Crippen LogP contribution in [0.15, 0.2) is 54.6 Å². The zero-order valence-electron chi connectivity index (χ0n) is 24.5. The lowest BCUT2D eigenvalue weighted by Gasteiger charge is -2.32. The number of aromatic nitrogens is 3. The van der Waals surface area contributed by atoms with Gasteiger partial charge >= 0.3 is 0 Å². The highest BCUT2D eigenvalue weighted by Gasteiger charge is 2.31. The average molecular weight is 599 g/mol. The van der Waals surface area contributed by atoms with Crippen molar-refractivity contribution in [1.29, 1.82) is 0 Å². The minimum atomic E-state index is -0.427. The number of ether oxygens (including phenoxy) is 3. The second kappa shape index (κ2) is 12.5. The van der Waals surface area contributed by atoms with Gasteiger partial charge in [0.25, 0.3) is 6.47 Å². The molecular formula is C34H35FN4O5. The lowest BCUT2D eigenvalue weighted by Crippen LogP contribution is -2.35. The Labute approximate surface area is 254 Å². The van der Waals surface area contributed by atoms with Crippen LogP contribution in [-0.2, 0) is 29.2 Å². The number of carbonyl (C=O) groups is 2. The molecule has 4 heterocycles. The van der Waals surface area contributed by atoms with E-state index in [9.17, 15) is 14.0 Å². The van der Waals surface area contributed by atoms with E-state index in [1.165, 1.54) is 6.07 Å². The Balaban J connectivity index is 0.974. The van der Waals surface area contributed by atoms with Gasteiger partial charge < -0.3 is 18.8 Å². The van der Waals surface area contributed by atoms with Crippen molar-refractivity contribution in [2.75, 3.05) is 19.7 Å². The Morgan fingerprint density at radius 1 is 1.02 bits per heavy atom. The third-order valence-corrected chi connectivity index (χ3v) is 8.94. The molecule has 0 amide bonds. The zero-order chi connectivity index (χ0) is 30.0. The van der Waals surface area contributed by atoms with Crippen LogP contribution in [0.5, 0.6) is 11.6 Å². The second-order valence-electron chi connectivity index (χ2n) is 12.0. The zero-order valence-corrected chi connectivity index (χ0v) is 24.5. The van der Waals surface area contributed by atoms with Crippen molar-refractivity contribution in [2.24, 2.45) is 5.92 Å². The molecule has 2 saturated heterocycles. The number of nitrogens with zero attached hydrogens (tertiary/aromatic N) is 4. The van der Waals surface area contributed by atoms with Gasteiger partial charge in [0.15, 0.2) is 5.78 Å². The van der Waals surface area contributed by atoms with Crippen molar-refractivity contribution in [2.45, 2.75) is 63.8 Å². The molecule has 9 nitrogen and oxygen atoms in total. The number of fused-ring (bicyclic) bond motifs is 1. The molecule has 3 fully saturated rings. The molecule has 3 aliphatic rings. The summed E-state index contributed by atoms with van der Waals surface area (Å²) in [7, 11) is 0. The van der Waals surface area contributed by atoms with E-state index in [-0.39, 0.29) is 24.4 Å². The molecule has 228 valence electrons. The van der Waals surface area contributed by atoms with E-state index in [0.29, 0.717) is 41.7 Å². The highest BCUT2D eigenvalue weighted by molar-refractivity contribution is 5.99. The van der Waals surface area contributed by atoms with Gasteiger partial charge in [0.05, 0.1) is 30.2 Å². The van der Waals surface area contributed by atoms with Crippen LogP contribution in [0, 0.1) is 11.7 Å². The van der Waals surface area contributed by atoms with Crippen LogP contribution >= 0.6 is 0 Å². The fourth-order valence-electron chi connectivity index (χ4n) is 6.11. The van der Waals surface area contributed by atoms with Crippen LogP contribution < -0.4 is 9.47 Å². The van der Waals surface area contributed by atoms with Gasteiger partial charge in [-0.15, -0.1) is 0 Å². The van der Waals surface area contributed by atoms with Crippen molar-refractivity contribution in [3.8, 4) is 11.6 Å². The third kappa shape index (κ3) is 6.23. The Kier molecular flexibility index (Phi) is 8.10. The molecule has 0 bridgehead atoms. The molecule has 0 radical (unpaired) electrons. The van der Waals surface area contributed by atoms with Crippen LogP contribution in [0.25, 0.3) is 11.0 Å². The van der Waals surface area contributed by atoms with Crippen LogP contribution in [0.1, 0.15) is 65.5 Å². The van der Waals surface area contributed by atoms with Gasteiger partial charge in [-0.2, -0.15) is 0 Å². The lowest BCUT2D eigenvalue weighted by molar-refractivity contribution is -0.120. The quantitative estimate of drug-likeness (QED) is 0.157. The second-order valence-corrected chi connectivity index (χ2v) is 12.0. The molecule has 1 atom stereocenters. The smallest absolute Gasteiger partial charge is 0.298 e. The number of carbonyl (C=O) groups excluding carboxylic acids is 2. The number of imidazole rings is 1. The number of Topliss-reactive ketones (excluding diaryl/α,β-unsaturated/α-hetero) is 1. The predicted octanol–water partition coefficient (Wildman–Crippen LogP) is 5.45. The maximum absolute atomic E-state index is 14.7. The number of piperidine rings is 1. The first kappa shape index (κ1) is 28.6. The minimum Gasteiger partial charge on any atom is -0.473 e. The topological polar surface area (TPSA) is 95.8 Å². The first-order valence-electron chi connectivity index (χ1n) is 15.4. The van der Waals surface area contributed by atoms with Gasteiger partial charge in [-0.25, -0.2) is 14.4 Å². The fraction of sp³-hybridized carbons (Fsp3) is 0.412. The van der Waals surface area contributed by atoms with E-state index in [1.54, 1.807) is 24.3 Å². The molecule has 44 heavy (non-hydrogen) atoms. The molecule has 7 rings (SSSR count). The van der Waals surface area contributed by atoms with Crippen LogP contribution in [0.2, 0.25) is 0 Å². The van der Waals surface area contributed by atoms with Gasteiger partial charge in [0.1, 0.15) is 24.0 Å². The largest absolute Gasteiger partial charge is 0.473 e. The van der Waals surface area contributed by atoms with E-state index in [0.717, 1.165) is 80.9 Å². The lowest BCUT2D eigenvalue weighted by atomic mass is 9.93. The van der Waals surface area contributed by atoms with E-state index < -0.39 is 5.82 Å². The number of benzene rings is 2. The maximum atomic E-state index is 14.7. The van der Waals surface area contributed by atoms with Crippen molar-refractivity contribution in [1.82, 2.24) is 19.4 Å². The highest BCUT2D eigenvalue weighted by Crippen LogP contribution is 2.33. The molecule has 0 spiro atoms. The molecule has 1 aliphatic carbocycles. The number of pyridine rings is 1. The van der Waals surface area contributed by atoms with Gasteiger partial charge in [-0.05, 0) is 69.5 Å². The standard InChI is InChI=1S/C34H35FN4O5/c35-28-16-24(34(41)23-4-5-23)6-7-25(28)20-43-33-3-1-2-29(37-33)22-10-13-38(14-11-22)19-32-36-30-9-8-26(44-21-40)17-31(30)39(32)18-27-12-15-42-27/h1-3,6-9,16-17,21-23,27H,4-5,10-15,18-20H2/t27-/m0/s1. The molecule has 4 aromatic rings.